The second kappa shape index (κ2) is 5.68. The summed E-state index contributed by atoms with van der Waals surface area (Å²) < 4.78 is 0. The first kappa shape index (κ1) is 13.2. The summed E-state index contributed by atoms with van der Waals surface area (Å²) in [6.07, 6.45) is 0. The van der Waals surface area contributed by atoms with Crippen LogP contribution in [0.5, 0.6) is 0 Å². The Hall–Kier alpha value is -1.80. The molecule has 0 spiro atoms. The maximum atomic E-state index is 2.54. The molecule has 3 rings (SSSR count). The van der Waals surface area contributed by atoms with E-state index in [1.165, 1.54) is 16.9 Å². The molecule has 1 heterocycles. The number of fused-ring (bicyclic) bond motifs is 1. The highest BCUT2D eigenvalue weighted by Gasteiger charge is 2.21. The van der Waals surface area contributed by atoms with E-state index in [1.807, 2.05) is 0 Å². The van der Waals surface area contributed by atoms with E-state index < -0.39 is 0 Å². The largest absolute Gasteiger partial charge is 0.340 e. The standard InChI is InChI=1S/C18H22N2/c1-15(2)19-12-13-20(17-9-4-3-5-10-17)18-11-7-6-8-16(18)14-19/h3-11,15H,12-14H2,1-2H3. The quantitative estimate of drug-likeness (QED) is 0.809. The molecule has 0 atom stereocenters. The highest BCUT2D eigenvalue weighted by atomic mass is 15.2. The number of para-hydroxylation sites is 2. The van der Waals surface area contributed by atoms with Gasteiger partial charge in [-0.25, -0.2) is 0 Å². The molecule has 1 aliphatic rings. The van der Waals surface area contributed by atoms with Crippen molar-refractivity contribution in [1.82, 2.24) is 4.90 Å². The zero-order valence-electron chi connectivity index (χ0n) is 12.3. The number of hydrogen-bond donors (Lipinski definition) is 0. The van der Waals surface area contributed by atoms with Crippen molar-refractivity contribution >= 4 is 11.4 Å². The van der Waals surface area contributed by atoms with Crippen molar-refractivity contribution in [3.8, 4) is 0 Å². The second-order valence-corrected chi connectivity index (χ2v) is 5.68. The number of nitrogens with zero attached hydrogens (tertiary/aromatic N) is 2. The predicted octanol–water partition coefficient (Wildman–Crippen LogP) is 4.05. The van der Waals surface area contributed by atoms with Gasteiger partial charge in [-0.1, -0.05) is 36.4 Å². The molecule has 2 aromatic rings. The van der Waals surface area contributed by atoms with E-state index in [0.29, 0.717) is 6.04 Å². The zero-order chi connectivity index (χ0) is 13.9. The van der Waals surface area contributed by atoms with E-state index in [-0.39, 0.29) is 0 Å². The summed E-state index contributed by atoms with van der Waals surface area (Å²) >= 11 is 0. The minimum absolute atomic E-state index is 0.582. The first-order valence-electron chi connectivity index (χ1n) is 7.40. The van der Waals surface area contributed by atoms with Gasteiger partial charge in [0.1, 0.15) is 0 Å². The van der Waals surface area contributed by atoms with Crippen molar-refractivity contribution in [3.05, 3.63) is 60.2 Å². The highest BCUT2D eigenvalue weighted by Crippen LogP contribution is 2.31. The van der Waals surface area contributed by atoms with Crippen LogP contribution in [0.1, 0.15) is 19.4 Å². The Morgan fingerprint density at radius 3 is 2.30 bits per heavy atom. The third-order valence-corrected chi connectivity index (χ3v) is 4.06. The van der Waals surface area contributed by atoms with Crippen LogP contribution in [0.25, 0.3) is 0 Å². The van der Waals surface area contributed by atoms with Crippen molar-refractivity contribution in [3.63, 3.8) is 0 Å². The van der Waals surface area contributed by atoms with Gasteiger partial charge in [0.2, 0.25) is 0 Å². The Morgan fingerprint density at radius 2 is 1.55 bits per heavy atom. The van der Waals surface area contributed by atoms with E-state index in [2.05, 4.69) is 78.2 Å². The molecule has 0 unspecified atom stereocenters. The molecule has 0 radical (unpaired) electrons. The van der Waals surface area contributed by atoms with Gasteiger partial charge in [-0.05, 0) is 37.6 Å². The molecule has 0 amide bonds. The fourth-order valence-corrected chi connectivity index (χ4v) is 2.87. The Bertz CT molecular complexity index is 563. The lowest BCUT2D eigenvalue weighted by Crippen LogP contribution is -2.34. The van der Waals surface area contributed by atoms with Gasteiger partial charge in [-0.3, -0.25) is 4.90 Å². The van der Waals surface area contributed by atoms with Crippen molar-refractivity contribution in [1.29, 1.82) is 0 Å². The van der Waals surface area contributed by atoms with E-state index in [4.69, 9.17) is 0 Å². The van der Waals surface area contributed by atoms with Crippen LogP contribution >= 0.6 is 0 Å². The third-order valence-electron chi connectivity index (χ3n) is 4.06. The van der Waals surface area contributed by atoms with Gasteiger partial charge in [0.15, 0.2) is 0 Å². The van der Waals surface area contributed by atoms with Crippen LogP contribution in [0.3, 0.4) is 0 Å². The van der Waals surface area contributed by atoms with Crippen molar-refractivity contribution in [2.75, 3.05) is 18.0 Å². The van der Waals surface area contributed by atoms with E-state index in [9.17, 15) is 0 Å². The molecule has 2 nitrogen and oxygen atoms in total. The van der Waals surface area contributed by atoms with Crippen molar-refractivity contribution in [2.24, 2.45) is 0 Å². The lowest BCUT2D eigenvalue weighted by molar-refractivity contribution is 0.224. The van der Waals surface area contributed by atoms with E-state index in [0.717, 1.165) is 19.6 Å². The number of anilines is 2. The molecular weight excluding hydrogens is 244 g/mol. The molecule has 0 saturated heterocycles. The Balaban J connectivity index is 2.01. The summed E-state index contributed by atoms with van der Waals surface area (Å²) in [6.45, 7) is 7.74. The third kappa shape index (κ3) is 2.56. The van der Waals surface area contributed by atoms with Crippen LogP contribution in [0.15, 0.2) is 54.6 Å². The van der Waals surface area contributed by atoms with Gasteiger partial charge >= 0.3 is 0 Å². The number of benzene rings is 2. The van der Waals surface area contributed by atoms with Crippen LogP contribution in [-0.4, -0.2) is 24.0 Å². The van der Waals surface area contributed by atoms with E-state index in [1.54, 1.807) is 0 Å². The number of hydrogen-bond acceptors (Lipinski definition) is 2. The monoisotopic (exact) mass is 266 g/mol. The predicted molar refractivity (Wildman–Crippen MR) is 85.4 cm³/mol. The lowest BCUT2D eigenvalue weighted by Gasteiger charge is -2.26. The smallest absolute Gasteiger partial charge is 0.0456 e. The first-order valence-corrected chi connectivity index (χ1v) is 7.40. The zero-order valence-corrected chi connectivity index (χ0v) is 12.3. The minimum atomic E-state index is 0.582. The van der Waals surface area contributed by atoms with E-state index >= 15 is 0 Å². The van der Waals surface area contributed by atoms with Gasteiger partial charge in [-0.15, -0.1) is 0 Å². The van der Waals surface area contributed by atoms with Gasteiger partial charge in [-0.2, -0.15) is 0 Å². The average Bonchev–Trinajstić information content (AvgIpc) is 2.68. The molecule has 0 saturated carbocycles. The molecule has 0 aliphatic carbocycles. The Labute approximate surface area is 121 Å². The van der Waals surface area contributed by atoms with Crippen LogP contribution in [-0.2, 0) is 6.54 Å². The van der Waals surface area contributed by atoms with Crippen LogP contribution < -0.4 is 4.90 Å². The van der Waals surface area contributed by atoms with Gasteiger partial charge in [0.25, 0.3) is 0 Å². The molecule has 0 bridgehead atoms. The Kier molecular flexibility index (Phi) is 3.75. The Morgan fingerprint density at radius 1 is 0.850 bits per heavy atom. The van der Waals surface area contributed by atoms with Gasteiger partial charge < -0.3 is 4.90 Å². The molecule has 104 valence electrons. The first-order chi connectivity index (χ1) is 9.75. The second-order valence-electron chi connectivity index (χ2n) is 5.68. The van der Waals surface area contributed by atoms with Crippen molar-refractivity contribution in [2.45, 2.75) is 26.4 Å². The topological polar surface area (TPSA) is 6.48 Å². The highest BCUT2D eigenvalue weighted by molar-refractivity contribution is 5.66. The average molecular weight is 266 g/mol. The summed E-state index contributed by atoms with van der Waals surface area (Å²) in [5.41, 5.74) is 4.05. The molecule has 2 heteroatoms. The maximum absolute atomic E-state index is 2.54. The molecule has 2 aromatic carbocycles. The summed E-state index contributed by atoms with van der Waals surface area (Å²) in [7, 11) is 0. The van der Waals surface area contributed by atoms with Gasteiger partial charge in [0.05, 0.1) is 0 Å². The SMILES string of the molecule is CC(C)N1CCN(c2ccccc2)c2ccccc2C1. The normalized spacial score (nSPS) is 16.1. The molecular formula is C18H22N2. The van der Waals surface area contributed by atoms with Gasteiger partial charge in [0, 0.05) is 37.1 Å². The summed E-state index contributed by atoms with van der Waals surface area (Å²) in [5.74, 6) is 0. The molecule has 20 heavy (non-hydrogen) atoms. The molecule has 0 fully saturated rings. The van der Waals surface area contributed by atoms with Crippen LogP contribution in [0, 0.1) is 0 Å². The van der Waals surface area contributed by atoms with Crippen LogP contribution in [0.2, 0.25) is 0 Å². The molecule has 0 N–H and O–H groups in total. The molecule has 0 aromatic heterocycles. The summed E-state index contributed by atoms with van der Waals surface area (Å²) in [5, 5.41) is 0. The fourth-order valence-electron chi connectivity index (χ4n) is 2.87. The fraction of sp³-hybridized carbons (Fsp3) is 0.333. The maximum Gasteiger partial charge on any atom is 0.0456 e. The summed E-state index contributed by atoms with van der Waals surface area (Å²) in [6, 6.07) is 20.1. The summed E-state index contributed by atoms with van der Waals surface area (Å²) in [4.78, 5) is 4.99. The van der Waals surface area contributed by atoms with Crippen LogP contribution in [0.4, 0.5) is 11.4 Å². The van der Waals surface area contributed by atoms with Crippen molar-refractivity contribution < 1.29 is 0 Å². The lowest BCUT2D eigenvalue weighted by atomic mass is 10.1. The molecule has 1 aliphatic heterocycles. The number of rotatable bonds is 2. The minimum Gasteiger partial charge on any atom is -0.340 e.